The van der Waals surface area contributed by atoms with Crippen LogP contribution in [0.5, 0.6) is 0 Å². The molecule has 0 spiro atoms. The van der Waals surface area contributed by atoms with Gasteiger partial charge in [0, 0.05) is 6.04 Å². The van der Waals surface area contributed by atoms with Crippen molar-refractivity contribution in [1.29, 1.82) is 0 Å². The molecule has 1 aliphatic heterocycles. The van der Waals surface area contributed by atoms with E-state index < -0.39 is 0 Å². The number of rotatable bonds is 4. The maximum Gasteiger partial charge on any atom is 0.0125 e. The van der Waals surface area contributed by atoms with Gasteiger partial charge in [0.05, 0.1) is 0 Å². The molecule has 0 amide bonds. The van der Waals surface area contributed by atoms with Crippen LogP contribution in [0, 0.1) is 10.8 Å². The maximum atomic E-state index is 3.47. The van der Waals surface area contributed by atoms with Gasteiger partial charge < -0.3 is 10.2 Å². The molecule has 1 saturated heterocycles. The van der Waals surface area contributed by atoms with Crippen molar-refractivity contribution in [3.8, 4) is 0 Å². The standard InChI is InChI=1S/C15H32N2/c1-14(2,3)13(16-6)7-10-17-11-8-15(4,5)9-12-17/h13,16H,7-12H2,1-6H3. The van der Waals surface area contributed by atoms with E-state index in [1.807, 2.05) is 0 Å². The highest BCUT2D eigenvalue weighted by Crippen LogP contribution is 2.30. The fourth-order valence-electron chi connectivity index (χ4n) is 2.70. The third-order valence-corrected chi connectivity index (χ3v) is 4.34. The Bertz CT molecular complexity index is 218. The zero-order chi connectivity index (χ0) is 13.1. The maximum absolute atomic E-state index is 3.47. The Labute approximate surface area is 108 Å². The summed E-state index contributed by atoms with van der Waals surface area (Å²) < 4.78 is 0. The molecule has 0 aromatic heterocycles. The van der Waals surface area contributed by atoms with Crippen LogP contribution in [-0.4, -0.2) is 37.6 Å². The van der Waals surface area contributed by atoms with Crippen molar-refractivity contribution in [2.24, 2.45) is 10.8 Å². The molecule has 1 heterocycles. The van der Waals surface area contributed by atoms with E-state index in [0.29, 0.717) is 16.9 Å². The van der Waals surface area contributed by atoms with Crippen LogP contribution < -0.4 is 5.32 Å². The molecule has 17 heavy (non-hydrogen) atoms. The van der Waals surface area contributed by atoms with Gasteiger partial charge in [0.2, 0.25) is 0 Å². The number of likely N-dealkylation sites (tertiary alicyclic amines) is 1. The van der Waals surface area contributed by atoms with Crippen LogP contribution >= 0.6 is 0 Å². The molecule has 0 aromatic carbocycles. The summed E-state index contributed by atoms with van der Waals surface area (Å²) in [6, 6.07) is 0.623. The van der Waals surface area contributed by atoms with Crippen molar-refractivity contribution >= 4 is 0 Å². The number of nitrogens with one attached hydrogen (secondary N) is 1. The van der Waals surface area contributed by atoms with E-state index in [4.69, 9.17) is 0 Å². The van der Waals surface area contributed by atoms with E-state index in [2.05, 4.69) is 51.9 Å². The van der Waals surface area contributed by atoms with Crippen LogP contribution in [0.25, 0.3) is 0 Å². The second-order valence-electron chi connectivity index (χ2n) is 7.50. The molecule has 1 rings (SSSR count). The molecular weight excluding hydrogens is 208 g/mol. The Morgan fingerprint density at radius 3 is 2.12 bits per heavy atom. The molecule has 1 atom stereocenters. The minimum Gasteiger partial charge on any atom is -0.316 e. The minimum absolute atomic E-state index is 0.365. The van der Waals surface area contributed by atoms with Gasteiger partial charge >= 0.3 is 0 Å². The molecule has 1 aliphatic rings. The molecule has 0 bridgehead atoms. The highest BCUT2D eigenvalue weighted by Gasteiger charge is 2.27. The zero-order valence-electron chi connectivity index (χ0n) is 12.8. The predicted octanol–water partition coefficient (Wildman–Crippen LogP) is 3.13. The van der Waals surface area contributed by atoms with Crippen molar-refractivity contribution in [3.05, 3.63) is 0 Å². The summed E-state index contributed by atoms with van der Waals surface area (Å²) in [5, 5.41) is 3.47. The lowest BCUT2D eigenvalue weighted by Crippen LogP contribution is -2.43. The van der Waals surface area contributed by atoms with Crippen molar-refractivity contribution in [3.63, 3.8) is 0 Å². The van der Waals surface area contributed by atoms with Crippen molar-refractivity contribution in [1.82, 2.24) is 10.2 Å². The molecule has 2 heteroatoms. The van der Waals surface area contributed by atoms with Crippen LogP contribution in [0.4, 0.5) is 0 Å². The number of nitrogens with zero attached hydrogens (tertiary/aromatic N) is 1. The quantitative estimate of drug-likeness (QED) is 0.812. The van der Waals surface area contributed by atoms with Crippen molar-refractivity contribution in [2.45, 2.75) is 59.9 Å². The van der Waals surface area contributed by atoms with Gasteiger partial charge in [-0.25, -0.2) is 0 Å². The van der Waals surface area contributed by atoms with Gasteiger partial charge in [-0.1, -0.05) is 34.6 Å². The largest absolute Gasteiger partial charge is 0.316 e. The fraction of sp³-hybridized carbons (Fsp3) is 1.00. The molecule has 0 aliphatic carbocycles. The van der Waals surface area contributed by atoms with Crippen molar-refractivity contribution < 1.29 is 0 Å². The van der Waals surface area contributed by atoms with Gasteiger partial charge in [-0.2, -0.15) is 0 Å². The highest BCUT2D eigenvalue weighted by molar-refractivity contribution is 4.83. The van der Waals surface area contributed by atoms with E-state index >= 15 is 0 Å². The summed E-state index contributed by atoms with van der Waals surface area (Å²) in [5.41, 5.74) is 0.937. The van der Waals surface area contributed by atoms with Gasteiger partial charge in [-0.15, -0.1) is 0 Å². The molecule has 102 valence electrons. The second-order valence-corrected chi connectivity index (χ2v) is 7.50. The second kappa shape index (κ2) is 5.71. The van der Waals surface area contributed by atoms with Crippen molar-refractivity contribution in [2.75, 3.05) is 26.7 Å². The first-order valence-electron chi connectivity index (χ1n) is 7.14. The van der Waals surface area contributed by atoms with Crippen LogP contribution in [0.2, 0.25) is 0 Å². The summed E-state index contributed by atoms with van der Waals surface area (Å²) in [6.07, 6.45) is 3.97. The third-order valence-electron chi connectivity index (χ3n) is 4.34. The minimum atomic E-state index is 0.365. The number of hydrogen-bond donors (Lipinski definition) is 1. The highest BCUT2D eigenvalue weighted by atomic mass is 15.1. The lowest BCUT2D eigenvalue weighted by atomic mass is 9.82. The van der Waals surface area contributed by atoms with Gasteiger partial charge in [-0.3, -0.25) is 0 Å². The van der Waals surface area contributed by atoms with Gasteiger partial charge in [-0.05, 0) is 56.8 Å². The summed E-state index contributed by atoms with van der Waals surface area (Å²) in [4.78, 5) is 2.64. The number of piperidine rings is 1. The molecule has 1 unspecified atom stereocenters. The summed E-state index contributed by atoms with van der Waals surface area (Å²) in [6.45, 7) is 15.6. The van der Waals surface area contributed by atoms with E-state index in [-0.39, 0.29) is 0 Å². The average Bonchev–Trinajstić information content (AvgIpc) is 2.19. The van der Waals surface area contributed by atoms with Crippen LogP contribution in [-0.2, 0) is 0 Å². The Hall–Kier alpha value is -0.0800. The molecule has 0 aromatic rings. The lowest BCUT2D eigenvalue weighted by Gasteiger charge is -2.38. The number of hydrogen-bond acceptors (Lipinski definition) is 2. The first kappa shape index (κ1) is 15.0. The topological polar surface area (TPSA) is 15.3 Å². The summed E-state index contributed by atoms with van der Waals surface area (Å²) in [7, 11) is 2.09. The molecule has 0 radical (unpaired) electrons. The van der Waals surface area contributed by atoms with Gasteiger partial charge in [0.15, 0.2) is 0 Å². The van der Waals surface area contributed by atoms with Crippen LogP contribution in [0.3, 0.4) is 0 Å². The smallest absolute Gasteiger partial charge is 0.0125 e. The van der Waals surface area contributed by atoms with E-state index in [1.54, 1.807) is 0 Å². The van der Waals surface area contributed by atoms with E-state index in [9.17, 15) is 0 Å². The average molecular weight is 240 g/mol. The van der Waals surface area contributed by atoms with E-state index in [1.165, 1.54) is 38.9 Å². The van der Waals surface area contributed by atoms with Crippen LogP contribution in [0.1, 0.15) is 53.9 Å². The normalized spacial score (nSPS) is 23.6. The summed E-state index contributed by atoms with van der Waals surface area (Å²) in [5.74, 6) is 0. The zero-order valence-corrected chi connectivity index (χ0v) is 12.8. The summed E-state index contributed by atoms with van der Waals surface area (Å²) >= 11 is 0. The van der Waals surface area contributed by atoms with Gasteiger partial charge in [0.25, 0.3) is 0 Å². The Balaban J connectivity index is 2.32. The Kier molecular flexibility index (Phi) is 5.03. The van der Waals surface area contributed by atoms with Gasteiger partial charge in [0.1, 0.15) is 0 Å². The first-order valence-corrected chi connectivity index (χ1v) is 7.14. The first-order chi connectivity index (χ1) is 7.74. The van der Waals surface area contributed by atoms with Crippen LogP contribution in [0.15, 0.2) is 0 Å². The monoisotopic (exact) mass is 240 g/mol. The lowest BCUT2D eigenvalue weighted by molar-refractivity contribution is 0.121. The Morgan fingerprint density at radius 1 is 1.18 bits per heavy atom. The molecule has 1 fully saturated rings. The third kappa shape index (κ3) is 4.97. The van der Waals surface area contributed by atoms with E-state index in [0.717, 1.165) is 0 Å². The SMILES string of the molecule is CNC(CCN1CCC(C)(C)CC1)C(C)(C)C. The predicted molar refractivity (Wildman–Crippen MR) is 76.4 cm³/mol. The fourth-order valence-corrected chi connectivity index (χ4v) is 2.70. The molecule has 1 N–H and O–H groups in total. The molecule has 0 saturated carbocycles. The Morgan fingerprint density at radius 2 is 1.71 bits per heavy atom. The molecular formula is C15H32N2. The molecule has 2 nitrogen and oxygen atoms in total.